The monoisotopic (exact) mass is 278 g/mol. The van der Waals surface area contributed by atoms with Crippen molar-refractivity contribution in [1.29, 1.82) is 0 Å². The van der Waals surface area contributed by atoms with Gasteiger partial charge >= 0.3 is 101 Å². The summed E-state index contributed by atoms with van der Waals surface area (Å²) in [5.41, 5.74) is 1.10. The van der Waals surface area contributed by atoms with Crippen molar-refractivity contribution in [2.45, 2.75) is 36.5 Å². The SMILES string of the molecule is C[CH2][Ge]([CH2]C)([CH2]C)[C](=C=O)c1ccccc1. The maximum atomic E-state index is 11.3. The fraction of sp³-hybridized carbons (Fsp3) is 0.429. The van der Waals surface area contributed by atoms with Gasteiger partial charge in [0, 0.05) is 0 Å². The third kappa shape index (κ3) is 2.48. The van der Waals surface area contributed by atoms with Crippen LogP contribution in [0.4, 0.5) is 0 Å². The van der Waals surface area contributed by atoms with E-state index in [1.807, 2.05) is 30.3 Å². The van der Waals surface area contributed by atoms with Crippen molar-refractivity contribution in [2.24, 2.45) is 0 Å². The molecule has 0 bridgehead atoms. The van der Waals surface area contributed by atoms with E-state index in [1.165, 1.54) is 15.8 Å². The maximum absolute atomic E-state index is 11.3. The van der Waals surface area contributed by atoms with Gasteiger partial charge in [-0.15, -0.1) is 0 Å². The Morgan fingerprint density at radius 1 is 1.06 bits per heavy atom. The predicted molar refractivity (Wildman–Crippen MR) is 72.7 cm³/mol. The first-order valence-electron chi connectivity index (χ1n) is 6.05. The first kappa shape index (κ1) is 13.3. The van der Waals surface area contributed by atoms with Gasteiger partial charge in [-0.3, -0.25) is 0 Å². The first-order valence-corrected chi connectivity index (χ1v) is 11.5. The third-order valence-corrected chi connectivity index (χ3v) is 15.3. The van der Waals surface area contributed by atoms with E-state index in [2.05, 4.69) is 26.7 Å². The number of hydrogen-bond acceptors (Lipinski definition) is 1. The standard InChI is InChI=1S/C14H20GeO/c1-4-15(5-2,6-3)14(12-16)13-10-8-7-9-11-13/h7-11H,4-6H2,1-3H3. The molecular weight excluding hydrogens is 257 g/mol. The molecule has 1 rings (SSSR count). The Morgan fingerprint density at radius 3 is 1.94 bits per heavy atom. The Morgan fingerprint density at radius 2 is 1.56 bits per heavy atom. The van der Waals surface area contributed by atoms with Crippen molar-refractivity contribution in [1.82, 2.24) is 0 Å². The molecule has 0 atom stereocenters. The van der Waals surface area contributed by atoms with Crippen molar-refractivity contribution in [3.05, 3.63) is 35.9 Å². The normalized spacial score (nSPS) is 10.9. The second-order valence-corrected chi connectivity index (χ2v) is 15.1. The van der Waals surface area contributed by atoms with Crippen LogP contribution in [-0.2, 0) is 4.79 Å². The molecule has 0 radical (unpaired) electrons. The summed E-state index contributed by atoms with van der Waals surface area (Å²) in [7, 11) is 0. The molecule has 0 saturated carbocycles. The van der Waals surface area contributed by atoms with E-state index in [1.54, 1.807) is 0 Å². The van der Waals surface area contributed by atoms with Crippen LogP contribution in [0.15, 0.2) is 30.3 Å². The van der Waals surface area contributed by atoms with Gasteiger partial charge in [0.15, 0.2) is 0 Å². The van der Waals surface area contributed by atoms with Gasteiger partial charge in [0.25, 0.3) is 0 Å². The first-order chi connectivity index (χ1) is 7.74. The number of rotatable bonds is 5. The third-order valence-electron chi connectivity index (χ3n) is 3.73. The van der Waals surface area contributed by atoms with Crippen LogP contribution < -0.4 is 0 Å². The Kier molecular flexibility index (Phi) is 5.04. The zero-order valence-electron chi connectivity index (χ0n) is 10.4. The van der Waals surface area contributed by atoms with Gasteiger partial charge in [-0.1, -0.05) is 0 Å². The van der Waals surface area contributed by atoms with Crippen LogP contribution in [-0.4, -0.2) is 19.2 Å². The second kappa shape index (κ2) is 6.07. The van der Waals surface area contributed by atoms with E-state index in [-0.39, 0.29) is 0 Å². The van der Waals surface area contributed by atoms with Crippen LogP contribution in [0.1, 0.15) is 26.3 Å². The molecular formula is C14H20GeO. The Balaban J connectivity index is 3.22. The second-order valence-electron chi connectivity index (χ2n) is 4.18. The van der Waals surface area contributed by atoms with Gasteiger partial charge in [-0.05, 0) is 0 Å². The molecule has 0 aliphatic carbocycles. The topological polar surface area (TPSA) is 17.1 Å². The van der Waals surface area contributed by atoms with Crippen molar-refractivity contribution >= 4 is 23.6 Å². The Labute approximate surface area is 101 Å². The summed E-state index contributed by atoms with van der Waals surface area (Å²) in [5, 5.41) is 3.52. The Hall–Kier alpha value is -0.787. The molecule has 1 aromatic rings. The summed E-state index contributed by atoms with van der Waals surface area (Å²) in [6.45, 7) is 6.69. The van der Waals surface area contributed by atoms with Crippen molar-refractivity contribution in [3.8, 4) is 0 Å². The molecule has 0 unspecified atom stereocenters. The van der Waals surface area contributed by atoms with Gasteiger partial charge in [0.05, 0.1) is 0 Å². The summed E-state index contributed by atoms with van der Waals surface area (Å²) >= 11 is -2.15. The average Bonchev–Trinajstić information content (AvgIpc) is 2.37. The quantitative estimate of drug-likeness (QED) is 0.588. The van der Waals surface area contributed by atoms with E-state index in [9.17, 15) is 4.79 Å². The molecule has 0 spiro atoms. The van der Waals surface area contributed by atoms with Crippen LogP contribution in [0.25, 0.3) is 4.41 Å². The van der Waals surface area contributed by atoms with E-state index in [0.717, 1.165) is 9.97 Å². The molecule has 0 heterocycles. The fourth-order valence-electron chi connectivity index (χ4n) is 2.36. The number of benzene rings is 1. The summed E-state index contributed by atoms with van der Waals surface area (Å²) in [5.74, 6) is 2.26. The Bertz CT molecular complexity index is 365. The molecule has 0 aliphatic heterocycles. The van der Waals surface area contributed by atoms with Crippen molar-refractivity contribution in [3.63, 3.8) is 0 Å². The fourth-order valence-corrected chi connectivity index (χ4v) is 9.82. The summed E-state index contributed by atoms with van der Waals surface area (Å²) in [6, 6.07) is 10.1. The van der Waals surface area contributed by atoms with Gasteiger partial charge < -0.3 is 0 Å². The zero-order valence-corrected chi connectivity index (χ0v) is 12.5. The molecule has 0 aromatic heterocycles. The van der Waals surface area contributed by atoms with Crippen molar-refractivity contribution in [2.75, 3.05) is 0 Å². The summed E-state index contributed by atoms with van der Waals surface area (Å²) in [6.07, 6.45) is 0. The molecule has 1 aromatic carbocycles. The van der Waals surface area contributed by atoms with E-state index < -0.39 is 13.3 Å². The van der Waals surface area contributed by atoms with Gasteiger partial charge in [-0.2, -0.15) is 0 Å². The number of carbonyl (C=O) groups excluding carboxylic acids is 1. The van der Waals surface area contributed by atoms with Gasteiger partial charge in [0.2, 0.25) is 0 Å². The minimum atomic E-state index is -2.15. The van der Waals surface area contributed by atoms with Gasteiger partial charge in [0.1, 0.15) is 0 Å². The minimum absolute atomic E-state index is 1.02. The molecule has 86 valence electrons. The van der Waals surface area contributed by atoms with Crippen molar-refractivity contribution < 1.29 is 4.79 Å². The molecule has 0 N–H and O–H groups in total. The van der Waals surface area contributed by atoms with E-state index >= 15 is 0 Å². The summed E-state index contributed by atoms with van der Waals surface area (Å²) in [4.78, 5) is 11.3. The molecule has 0 saturated heterocycles. The van der Waals surface area contributed by atoms with Gasteiger partial charge in [-0.25, -0.2) is 0 Å². The zero-order chi connectivity index (χ0) is 12.0. The van der Waals surface area contributed by atoms with E-state index in [4.69, 9.17) is 0 Å². The molecule has 16 heavy (non-hydrogen) atoms. The molecule has 1 nitrogen and oxygen atoms in total. The molecule has 0 aliphatic rings. The average molecular weight is 277 g/mol. The van der Waals surface area contributed by atoms with Crippen LogP contribution in [0.2, 0.25) is 15.8 Å². The molecule has 0 fully saturated rings. The predicted octanol–water partition coefficient (Wildman–Crippen LogP) is 3.95. The van der Waals surface area contributed by atoms with E-state index in [0.29, 0.717) is 0 Å². The molecule has 0 amide bonds. The van der Waals surface area contributed by atoms with Crippen LogP contribution >= 0.6 is 0 Å². The summed E-state index contributed by atoms with van der Waals surface area (Å²) < 4.78 is 1.02. The van der Waals surface area contributed by atoms with Crippen LogP contribution in [0.5, 0.6) is 0 Å². The van der Waals surface area contributed by atoms with Crippen LogP contribution in [0, 0.1) is 0 Å². The van der Waals surface area contributed by atoms with Crippen LogP contribution in [0.3, 0.4) is 0 Å². The molecule has 2 heteroatoms. The number of hydrogen-bond donors (Lipinski definition) is 0.